The predicted molar refractivity (Wildman–Crippen MR) is 104 cm³/mol. The van der Waals surface area contributed by atoms with Gasteiger partial charge in [0.1, 0.15) is 11.4 Å². The topological polar surface area (TPSA) is 83.7 Å². The highest BCUT2D eigenvalue weighted by Crippen LogP contribution is 2.35. The molecule has 1 aliphatic rings. The second-order valence-electron chi connectivity index (χ2n) is 7.10. The van der Waals surface area contributed by atoms with Gasteiger partial charge >= 0.3 is 5.97 Å². The molecule has 1 fully saturated rings. The number of ether oxygens (including phenoxy) is 2. The summed E-state index contributed by atoms with van der Waals surface area (Å²) in [6.07, 6.45) is 2.80. The molecule has 1 amide bonds. The van der Waals surface area contributed by atoms with Crippen molar-refractivity contribution < 1.29 is 19.1 Å². The highest BCUT2D eigenvalue weighted by Gasteiger charge is 2.23. The summed E-state index contributed by atoms with van der Waals surface area (Å²) in [4.78, 5) is 30.1. The number of hydrogen-bond acceptors (Lipinski definition) is 5. The lowest BCUT2D eigenvalue weighted by Gasteiger charge is -2.30. The molecule has 1 aliphatic heterocycles. The second-order valence-corrected chi connectivity index (χ2v) is 7.10. The quantitative estimate of drug-likeness (QED) is 0.761. The molecule has 0 bridgehead atoms. The van der Waals surface area contributed by atoms with Crippen LogP contribution in [0.5, 0.6) is 5.75 Å². The van der Waals surface area contributed by atoms with Crippen molar-refractivity contribution in [1.82, 2.24) is 9.88 Å². The van der Waals surface area contributed by atoms with Crippen LogP contribution < -0.4 is 10.1 Å². The van der Waals surface area contributed by atoms with E-state index >= 15 is 0 Å². The van der Waals surface area contributed by atoms with Crippen molar-refractivity contribution in [2.24, 2.45) is 5.92 Å². The minimum absolute atomic E-state index is 0.134. The first-order valence-electron chi connectivity index (χ1n) is 9.32. The van der Waals surface area contributed by atoms with Crippen molar-refractivity contribution in [2.45, 2.75) is 26.2 Å². The second kappa shape index (κ2) is 8.43. The number of carbonyl (C=O) groups is 2. The lowest BCUT2D eigenvalue weighted by Crippen LogP contribution is -2.36. The van der Waals surface area contributed by atoms with Gasteiger partial charge in [0, 0.05) is 19.5 Å². The molecule has 0 saturated carbocycles. The summed E-state index contributed by atoms with van der Waals surface area (Å²) >= 11 is 0. The van der Waals surface area contributed by atoms with Crippen LogP contribution in [0, 0.1) is 5.92 Å². The Balaban J connectivity index is 1.80. The number of H-pyrrole nitrogens is 1. The highest BCUT2D eigenvalue weighted by atomic mass is 16.5. The zero-order valence-corrected chi connectivity index (χ0v) is 16.1. The van der Waals surface area contributed by atoms with E-state index in [1.54, 1.807) is 13.2 Å². The molecular weight excluding hydrogens is 346 g/mol. The highest BCUT2D eigenvalue weighted by molar-refractivity contribution is 6.12. The average molecular weight is 373 g/mol. The van der Waals surface area contributed by atoms with E-state index in [2.05, 4.69) is 22.1 Å². The minimum atomic E-state index is -0.534. The van der Waals surface area contributed by atoms with Crippen molar-refractivity contribution >= 4 is 28.5 Å². The maximum Gasteiger partial charge on any atom is 0.356 e. The molecule has 1 atom stereocenters. The number of anilines is 1. The van der Waals surface area contributed by atoms with E-state index in [4.69, 9.17) is 9.47 Å². The van der Waals surface area contributed by atoms with Gasteiger partial charge in [-0.05, 0) is 37.4 Å². The van der Waals surface area contributed by atoms with Gasteiger partial charge in [-0.1, -0.05) is 13.0 Å². The number of amides is 1. The number of esters is 1. The Morgan fingerprint density at radius 2 is 2.15 bits per heavy atom. The van der Waals surface area contributed by atoms with Crippen molar-refractivity contribution in [2.75, 3.05) is 39.2 Å². The molecule has 1 aromatic carbocycles. The van der Waals surface area contributed by atoms with Crippen molar-refractivity contribution in [1.29, 1.82) is 0 Å². The van der Waals surface area contributed by atoms with Crippen LogP contribution >= 0.6 is 0 Å². The number of nitrogens with one attached hydrogen (secondary N) is 2. The van der Waals surface area contributed by atoms with E-state index in [9.17, 15) is 9.59 Å². The number of likely N-dealkylation sites (tertiary alicyclic amines) is 1. The molecule has 0 radical (unpaired) electrons. The Labute approximate surface area is 159 Å². The first-order chi connectivity index (χ1) is 13.0. The molecule has 1 aromatic heterocycles. The van der Waals surface area contributed by atoms with Crippen LogP contribution in [0.3, 0.4) is 0 Å². The number of methoxy groups -OCH3 is 2. The molecule has 146 valence electrons. The van der Waals surface area contributed by atoms with E-state index < -0.39 is 5.97 Å². The summed E-state index contributed by atoms with van der Waals surface area (Å²) in [6.45, 7) is 5.02. The number of aromatic nitrogens is 1. The molecule has 3 rings (SSSR count). The van der Waals surface area contributed by atoms with Crippen molar-refractivity contribution in [3.8, 4) is 5.75 Å². The summed E-state index contributed by atoms with van der Waals surface area (Å²) in [7, 11) is 2.87. The van der Waals surface area contributed by atoms with Gasteiger partial charge in [0.25, 0.3) is 0 Å². The third-order valence-corrected chi connectivity index (χ3v) is 5.06. The van der Waals surface area contributed by atoms with E-state index in [1.807, 2.05) is 12.1 Å². The van der Waals surface area contributed by atoms with Crippen LogP contribution in [0.15, 0.2) is 18.2 Å². The fourth-order valence-corrected chi connectivity index (χ4v) is 3.72. The standard InChI is InChI=1S/C20H27N3O4/c1-13-6-5-10-23(12-13)11-9-16(24)22-18-17-14(7-4-8-15(17)26-2)21-19(18)20(25)27-3/h4,7-8,13,21H,5-6,9-12H2,1-3H3,(H,22,24)/t13-/m1/s1. The van der Waals surface area contributed by atoms with Gasteiger partial charge in [-0.15, -0.1) is 0 Å². The Bertz CT molecular complexity index is 830. The number of piperidine rings is 1. The van der Waals surface area contributed by atoms with Crippen LogP contribution in [0.2, 0.25) is 0 Å². The molecule has 2 aromatic rings. The Morgan fingerprint density at radius 1 is 1.33 bits per heavy atom. The van der Waals surface area contributed by atoms with E-state index in [1.165, 1.54) is 20.0 Å². The molecule has 7 heteroatoms. The summed E-state index contributed by atoms with van der Waals surface area (Å²) < 4.78 is 10.3. The first-order valence-corrected chi connectivity index (χ1v) is 9.32. The number of benzene rings is 1. The fourth-order valence-electron chi connectivity index (χ4n) is 3.72. The predicted octanol–water partition coefficient (Wildman–Crippen LogP) is 3.02. The molecule has 0 unspecified atom stereocenters. The lowest BCUT2D eigenvalue weighted by atomic mass is 10.0. The zero-order valence-electron chi connectivity index (χ0n) is 16.1. The van der Waals surface area contributed by atoms with Crippen molar-refractivity contribution in [3.63, 3.8) is 0 Å². The molecule has 27 heavy (non-hydrogen) atoms. The number of rotatable bonds is 6. The number of aromatic amines is 1. The number of hydrogen-bond donors (Lipinski definition) is 2. The lowest BCUT2D eigenvalue weighted by molar-refractivity contribution is -0.116. The molecular formula is C20H27N3O4. The minimum Gasteiger partial charge on any atom is -0.496 e. The van der Waals surface area contributed by atoms with Crippen molar-refractivity contribution in [3.05, 3.63) is 23.9 Å². The van der Waals surface area contributed by atoms with E-state index in [-0.39, 0.29) is 11.6 Å². The Hall–Kier alpha value is -2.54. The maximum atomic E-state index is 12.6. The Kier molecular flexibility index (Phi) is 6.01. The Morgan fingerprint density at radius 3 is 2.85 bits per heavy atom. The SMILES string of the molecule is COC(=O)c1[nH]c2cccc(OC)c2c1NC(=O)CCN1CCC[C@@H](C)C1. The maximum absolute atomic E-state index is 12.6. The molecule has 0 spiro atoms. The normalized spacial score (nSPS) is 17.7. The van der Waals surface area contributed by atoms with Crippen LogP contribution in [0.4, 0.5) is 5.69 Å². The van der Waals surface area contributed by atoms with Crippen LogP contribution in [-0.2, 0) is 9.53 Å². The fraction of sp³-hybridized carbons (Fsp3) is 0.500. The van der Waals surface area contributed by atoms with Crippen LogP contribution in [0.25, 0.3) is 10.9 Å². The third-order valence-electron chi connectivity index (χ3n) is 5.06. The van der Waals surface area contributed by atoms with Gasteiger partial charge < -0.3 is 24.7 Å². The first kappa shape index (κ1) is 19.2. The van der Waals surface area contributed by atoms with Crippen LogP contribution in [0.1, 0.15) is 36.7 Å². The molecule has 7 nitrogen and oxygen atoms in total. The van der Waals surface area contributed by atoms with Crippen LogP contribution in [-0.4, -0.2) is 55.6 Å². The summed E-state index contributed by atoms with van der Waals surface area (Å²) in [5, 5.41) is 3.56. The summed E-state index contributed by atoms with van der Waals surface area (Å²) in [5.74, 6) is 0.586. The molecule has 2 N–H and O–H groups in total. The molecule has 1 saturated heterocycles. The molecule has 2 heterocycles. The zero-order chi connectivity index (χ0) is 19.4. The summed E-state index contributed by atoms with van der Waals surface area (Å²) in [6, 6.07) is 5.44. The smallest absolute Gasteiger partial charge is 0.356 e. The van der Waals surface area contributed by atoms with Gasteiger partial charge in [-0.25, -0.2) is 4.79 Å². The third kappa shape index (κ3) is 4.24. The van der Waals surface area contributed by atoms with Gasteiger partial charge in [0.2, 0.25) is 5.91 Å². The summed E-state index contributed by atoms with van der Waals surface area (Å²) in [5.41, 5.74) is 1.33. The van der Waals surface area contributed by atoms with Gasteiger partial charge in [-0.2, -0.15) is 0 Å². The van der Waals surface area contributed by atoms with Gasteiger partial charge in [0.05, 0.1) is 30.8 Å². The van der Waals surface area contributed by atoms with Gasteiger partial charge in [-0.3, -0.25) is 4.79 Å². The van der Waals surface area contributed by atoms with E-state index in [0.717, 1.165) is 13.1 Å². The van der Waals surface area contributed by atoms with E-state index in [0.29, 0.717) is 41.2 Å². The molecule has 0 aliphatic carbocycles. The number of nitrogens with zero attached hydrogens (tertiary/aromatic N) is 1. The monoisotopic (exact) mass is 373 g/mol. The van der Waals surface area contributed by atoms with Gasteiger partial charge in [0.15, 0.2) is 0 Å². The largest absolute Gasteiger partial charge is 0.496 e. The average Bonchev–Trinajstić information content (AvgIpc) is 3.04. The number of carbonyl (C=O) groups excluding carboxylic acids is 2. The number of fused-ring (bicyclic) bond motifs is 1.